The summed E-state index contributed by atoms with van der Waals surface area (Å²) in [4.78, 5) is 12.5. The van der Waals surface area contributed by atoms with E-state index >= 15 is 0 Å². The molecule has 3 N–H and O–H groups in total. The van der Waals surface area contributed by atoms with Crippen LogP contribution in [-0.4, -0.2) is 34.9 Å². The fraction of sp³-hybridized carbons (Fsp3) is 0.643. The zero-order chi connectivity index (χ0) is 53.4. The predicted molar refractivity (Wildman–Crippen MR) is 331 cm³/mol. The van der Waals surface area contributed by atoms with Crippen LogP contribution in [-0.2, 0) is 4.79 Å². The van der Waals surface area contributed by atoms with Crippen LogP contribution < -0.4 is 5.32 Å². The maximum absolute atomic E-state index is 12.5. The normalized spacial score (nSPS) is 13.8. The van der Waals surface area contributed by atoms with Crippen molar-refractivity contribution in [2.45, 2.75) is 283 Å². The molecule has 4 heteroatoms. The van der Waals surface area contributed by atoms with Crippen LogP contribution in [0.1, 0.15) is 271 Å². The lowest BCUT2D eigenvalue weighted by Gasteiger charge is -2.20. The van der Waals surface area contributed by atoms with E-state index < -0.39 is 12.1 Å². The van der Waals surface area contributed by atoms with E-state index in [1.165, 1.54) is 141 Å². The van der Waals surface area contributed by atoms with Gasteiger partial charge in [-0.1, -0.05) is 307 Å². The van der Waals surface area contributed by atoms with Crippen molar-refractivity contribution >= 4 is 5.91 Å². The number of carbonyl (C=O) groups is 1. The predicted octanol–water partition coefficient (Wildman–Crippen LogP) is 21.1. The second-order valence-corrected chi connectivity index (χ2v) is 20.4. The van der Waals surface area contributed by atoms with Crippen LogP contribution in [0.4, 0.5) is 0 Å². The SMILES string of the molecule is CC/C=C\C/C=C\C/C=C\C/C=C\C/C=C\C/C=C\C/C=C\C/C=C\C/C=C\C/C=C\C/C=C\CCCCCCCC(=O)NC(CO)C(O)/C=C/CCCCCCCCCCCCCCCCCCCCCCC. The Morgan fingerprint density at radius 1 is 0.338 bits per heavy atom. The fourth-order valence-corrected chi connectivity index (χ4v) is 8.65. The third kappa shape index (κ3) is 59.2. The Balaban J connectivity index is 3.66. The third-order valence-corrected chi connectivity index (χ3v) is 13.3. The summed E-state index contributed by atoms with van der Waals surface area (Å²) in [6, 6.07) is -0.645. The molecule has 0 bridgehead atoms. The summed E-state index contributed by atoms with van der Waals surface area (Å²) in [5, 5.41) is 23.2. The van der Waals surface area contributed by atoms with E-state index in [1.54, 1.807) is 6.08 Å². The highest BCUT2D eigenvalue weighted by molar-refractivity contribution is 5.76. The van der Waals surface area contributed by atoms with Gasteiger partial charge in [0, 0.05) is 6.42 Å². The van der Waals surface area contributed by atoms with E-state index in [0.717, 1.165) is 109 Å². The second kappa shape index (κ2) is 63.6. The van der Waals surface area contributed by atoms with Crippen molar-refractivity contribution in [3.05, 3.63) is 146 Å². The first-order valence-electron chi connectivity index (χ1n) is 31.0. The molecule has 74 heavy (non-hydrogen) atoms. The molecule has 0 aromatic carbocycles. The lowest BCUT2D eigenvalue weighted by Crippen LogP contribution is -2.45. The van der Waals surface area contributed by atoms with Crippen molar-refractivity contribution in [1.82, 2.24) is 5.32 Å². The summed E-state index contributed by atoms with van der Waals surface area (Å²) in [5.74, 6) is -0.0866. The Bertz CT molecular complexity index is 1530. The molecule has 1 amide bonds. The minimum atomic E-state index is -0.859. The lowest BCUT2D eigenvalue weighted by molar-refractivity contribution is -0.123. The average Bonchev–Trinajstić information content (AvgIpc) is 3.40. The number of hydrogen-bond donors (Lipinski definition) is 3. The highest BCUT2D eigenvalue weighted by atomic mass is 16.3. The molecule has 0 aromatic heterocycles. The molecular weight excluding hydrogens is 903 g/mol. The Hall–Kier alpha value is -3.73. The van der Waals surface area contributed by atoms with Crippen molar-refractivity contribution in [2.75, 3.05) is 6.61 Å². The maximum Gasteiger partial charge on any atom is 0.220 e. The quantitative estimate of drug-likeness (QED) is 0.0420. The maximum atomic E-state index is 12.5. The van der Waals surface area contributed by atoms with Gasteiger partial charge < -0.3 is 15.5 Å². The van der Waals surface area contributed by atoms with Gasteiger partial charge in [-0.3, -0.25) is 4.79 Å². The molecule has 0 heterocycles. The van der Waals surface area contributed by atoms with Crippen LogP contribution in [0, 0.1) is 0 Å². The topological polar surface area (TPSA) is 69.6 Å². The molecule has 0 aliphatic heterocycles. The van der Waals surface area contributed by atoms with Gasteiger partial charge in [0.2, 0.25) is 5.91 Å². The van der Waals surface area contributed by atoms with Gasteiger partial charge in [-0.2, -0.15) is 0 Å². The summed E-state index contributed by atoms with van der Waals surface area (Å²) in [5.41, 5.74) is 0. The van der Waals surface area contributed by atoms with Gasteiger partial charge in [-0.05, 0) is 103 Å². The highest BCUT2D eigenvalue weighted by Crippen LogP contribution is 2.16. The first-order chi connectivity index (χ1) is 36.7. The smallest absolute Gasteiger partial charge is 0.220 e. The van der Waals surface area contributed by atoms with E-state index in [0.29, 0.717) is 6.42 Å². The van der Waals surface area contributed by atoms with Crippen molar-refractivity contribution in [2.24, 2.45) is 0 Å². The van der Waals surface area contributed by atoms with Crippen LogP contribution in [0.2, 0.25) is 0 Å². The zero-order valence-electron chi connectivity index (χ0n) is 48.3. The van der Waals surface area contributed by atoms with E-state index in [2.05, 4.69) is 153 Å². The Morgan fingerprint density at radius 3 is 0.892 bits per heavy atom. The summed E-state index contributed by atoms with van der Waals surface area (Å²) in [7, 11) is 0. The molecule has 2 atom stereocenters. The average molecular weight is 1020 g/mol. The van der Waals surface area contributed by atoms with Gasteiger partial charge in [0.1, 0.15) is 0 Å². The largest absolute Gasteiger partial charge is 0.394 e. The summed E-state index contributed by atoms with van der Waals surface area (Å²) < 4.78 is 0. The number of amides is 1. The molecule has 0 saturated carbocycles. The first kappa shape index (κ1) is 70.3. The first-order valence-corrected chi connectivity index (χ1v) is 31.0. The summed E-state index contributed by atoms with van der Waals surface area (Å²) in [6.45, 7) is 4.20. The molecule has 0 saturated heterocycles. The Kier molecular flexibility index (Phi) is 60.4. The van der Waals surface area contributed by atoms with Crippen LogP contribution in [0.25, 0.3) is 0 Å². The molecular formula is C70H117NO3. The zero-order valence-corrected chi connectivity index (χ0v) is 48.3. The van der Waals surface area contributed by atoms with E-state index in [9.17, 15) is 15.0 Å². The van der Waals surface area contributed by atoms with Crippen LogP contribution >= 0.6 is 0 Å². The number of unbranched alkanes of at least 4 members (excludes halogenated alkanes) is 26. The molecule has 0 aliphatic rings. The van der Waals surface area contributed by atoms with E-state index in [-0.39, 0.29) is 12.5 Å². The van der Waals surface area contributed by atoms with Crippen molar-refractivity contribution < 1.29 is 15.0 Å². The van der Waals surface area contributed by atoms with Crippen LogP contribution in [0.5, 0.6) is 0 Å². The monoisotopic (exact) mass is 1020 g/mol. The number of carbonyl (C=O) groups excluding carboxylic acids is 1. The number of hydrogen-bond acceptors (Lipinski definition) is 3. The molecule has 420 valence electrons. The molecule has 0 aromatic rings. The minimum Gasteiger partial charge on any atom is -0.394 e. The standard InChI is InChI=1S/C70H117NO3/c1-3-5-7-9-11-13-15-17-19-21-23-25-27-28-29-30-31-32-33-34-35-36-37-38-39-40-41-42-44-46-48-50-52-54-56-58-60-62-64-66-70(74)71-68(67-72)69(73)65-63-61-59-57-55-53-51-49-47-45-43-26-24-22-20-18-16-14-12-10-8-6-4-2/h5,7,11,13,17,19,23,25,28-29,31-32,34-35,37-38,40-41,44,46,50,52,63,65,68-69,72-73H,3-4,6,8-10,12,14-16,18,20-22,24,26-27,30,33,36,39,42-43,45,47-49,51,53-62,64,66-67H2,1-2H3,(H,71,74)/b7-5-,13-11-,19-17-,25-23-,29-28-,32-31-,35-34-,38-37-,41-40-,46-44-,52-50-,65-63+. The molecule has 0 radical (unpaired) electrons. The minimum absolute atomic E-state index is 0.0866. The van der Waals surface area contributed by atoms with Crippen LogP contribution in [0.3, 0.4) is 0 Å². The van der Waals surface area contributed by atoms with Gasteiger partial charge >= 0.3 is 0 Å². The fourth-order valence-electron chi connectivity index (χ4n) is 8.65. The molecule has 0 spiro atoms. The number of nitrogens with one attached hydrogen (secondary N) is 1. The molecule has 2 unspecified atom stereocenters. The van der Waals surface area contributed by atoms with Crippen molar-refractivity contribution in [3.63, 3.8) is 0 Å². The number of rotatable bonds is 55. The summed E-state index contributed by atoms with van der Waals surface area (Å²) >= 11 is 0. The van der Waals surface area contributed by atoms with Gasteiger partial charge in [0.15, 0.2) is 0 Å². The Morgan fingerprint density at radius 2 is 0.595 bits per heavy atom. The molecule has 0 aliphatic carbocycles. The van der Waals surface area contributed by atoms with E-state index in [1.807, 2.05) is 6.08 Å². The van der Waals surface area contributed by atoms with Gasteiger partial charge in [-0.25, -0.2) is 0 Å². The van der Waals surface area contributed by atoms with Crippen molar-refractivity contribution in [1.29, 1.82) is 0 Å². The van der Waals surface area contributed by atoms with E-state index in [4.69, 9.17) is 0 Å². The second-order valence-electron chi connectivity index (χ2n) is 20.4. The molecule has 0 fully saturated rings. The van der Waals surface area contributed by atoms with Gasteiger partial charge in [0.25, 0.3) is 0 Å². The Labute approximate surface area is 459 Å². The van der Waals surface area contributed by atoms with Gasteiger partial charge in [-0.15, -0.1) is 0 Å². The number of aliphatic hydroxyl groups excluding tert-OH is 2. The molecule has 0 rings (SSSR count). The molecule has 4 nitrogen and oxygen atoms in total. The number of aliphatic hydroxyl groups is 2. The lowest BCUT2D eigenvalue weighted by atomic mass is 10.0. The van der Waals surface area contributed by atoms with Crippen molar-refractivity contribution in [3.8, 4) is 0 Å². The van der Waals surface area contributed by atoms with Crippen LogP contribution in [0.15, 0.2) is 146 Å². The highest BCUT2D eigenvalue weighted by Gasteiger charge is 2.18. The third-order valence-electron chi connectivity index (χ3n) is 13.3. The van der Waals surface area contributed by atoms with Gasteiger partial charge in [0.05, 0.1) is 18.8 Å². The summed E-state index contributed by atoms with van der Waals surface area (Å²) in [6.07, 6.45) is 100. The number of allylic oxidation sites excluding steroid dienone is 23.